The van der Waals surface area contributed by atoms with Gasteiger partial charge in [-0.05, 0) is 49.7 Å². The van der Waals surface area contributed by atoms with Gasteiger partial charge in [-0.2, -0.15) is 0 Å². The van der Waals surface area contributed by atoms with E-state index in [2.05, 4.69) is 5.32 Å². The van der Waals surface area contributed by atoms with Gasteiger partial charge in [-0.15, -0.1) is 0 Å². The fourth-order valence-electron chi connectivity index (χ4n) is 2.97. The van der Waals surface area contributed by atoms with Gasteiger partial charge in [0, 0.05) is 23.1 Å². The molecule has 0 aliphatic rings. The number of carbonyl (C=O) groups is 2. The summed E-state index contributed by atoms with van der Waals surface area (Å²) in [6.07, 6.45) is 0.974. The largest absolute Gasteiger partial charge is 0.355 e. The molecule has 0 bridgehead atoms. The van der Waals surface area contributed by atoms with Crippen molar-refractivity contribution in [2.45, 2.75) is 26.4 Å². The third-order valence-electron chi connectivity index (χ3n) is 4.64. The van der Waals surface area contributed by atoms with Crippen molar-refractivity contribution < 1.29 is 18.0 Å². The van der Waals surface area contributed by atoms with Crippen LogP contribution in [0.25, 0.3) is 0 Å². The first-order valence-corrected chi connectivity index (χ1v) is 12.7. The smallest absolute Gasteiger partial charge is 0.244 e. The number of nitrogens with one attached hydrogen (secondary N) is 1. The number of halogens is 3. The minimum atomic E-state index is -3.88. The van der Waals surface area contributed by atoms with E-state index in [-0.39, 0.29) is 23.2 Å². The molecule has 2 aromatic carbocycles. The van der Waals surface area contributed by atoms with Gasteiger partial charge in [0.1, 0.15) is 12.6 Å². The molecule has 0 aliphatic heterocycles. The summed E-state index contributed by atoms with van der Waals surface area (Å²) < 4.78 is 25.9. The third kappa shape index (κ3) is 7.00. The molecule has 0 aromatic heterocycles. The van der Waals surface area contributed by atoms with Crippen LogP contribution in [-0.4, -0.2) is 50.5 Å². The van der Waals surface area contributed by atoms with Crippen molar-refractivity contribution in [3.05, 3.63) is 63.1 Å². The zero-order valence-corrected chi connectivity index (χ0v) is 20.9. The Balaban J connectivity index is 2.40. The lowest BCUT2D eigenvalue weighted by Gasteiger charge is -2.31. The topological polar surface area (TPSA) is 86.8 Å². The van der Waals surface area contributed by atoms with E-state index in [1.165, 1.54) is 23.1 Å². The minimum absolute atomic E-state index is 0.0803. The van der Waals surface area contributed by atoms with Crippen LogP contribution < -0.4 is 9.62 Å². The van der Waals surface area contributed by atoms with Crippen molar-refractivity contribution >= 4 is 62.3 Å². The van der Waals surface area contributed by atoms with Gasteiger partial charge in [-0.3, -0.25) is 13.9 Å². The van der Waals surface area contributed by atoms with Gasteiger partial charge in [0.05, 0.1) is 17.0 Å². The predicted octanol–water partition coefficient (Wildman–Crippen LogP) is 3.97. The second-order valence-electron chi connectivity index (χ2n) is 7.08. The summed E-state index contributed by atoms with van der Waals surface area (Å²) in [5.41, 5.74) is 0.846. The Bertz CT molecular complexity index is 1080. The monoisotopic (exact) mass is 519 g/mol. The van der Waals surface area contributed by atoms with E-state index < -0.39 is 28.5 Å². The standard InChI is InChI=1S/C21H24Cl3N3O4S/c1-4-25-21(29)14(2)26(12-15-5-7-16(22)8-6-15)20(28)13-27(32(3,30)31)19-10-9-17(23)11-18(19)24/h5-11,14H,4,12-13H2,1-3H3,(H,25,29)/t14-/m0/s1. The molecule has 0 saturated carbocycles. The Kier molecular flexibility index (Phi) is 9.21. The summed E-state index contributed by atoms with van der Waals surface area (Å²) in [6.45, 7) is 3.28. The Hall–Kier alpha value is -2.00. The van der Waals surface area contributed by atoms with E-state index in [1.807, 2.05) is 0 Å². The average Bonchev–Trinajstić information content (AvgIpc) is 2.71. The van der Waals surface area contributed by atoms with Gasteiger partial charge in [0.25, 0.3) is 0 Å². The van der Waals surface area contributed by atoms with Crippen LogP contribution in [0.4, 0.5) is 5.69 Å². The molecule has 1 N–H and O–H groups in total. The predicted molar refractivity (Wildman–Crippen MR) is 129 cm³/mol. The van der Waals surface area contributed by atoms with E-state index in [4.69, 9.17) is 34.8 Å². The number of rotatable bonds is 9. The van der Waals surface area contributed by atoms with Crippen molar-refractivity contribution in [2.24, 2.45) is 0 Å². The molecule has 7 nitrogen and oxygen atoms in total. The normalized spacial score (nSPS) is 12.2. The molecule has 0 radical (unpaired) electrons. The number of sulfonamides is 1. The molecule has 2 rings (SSSR count). The summed E-state index contributed by atoms with van der Waals surface area (Å²) in [4.78, 5) is 27.1. The van der Waals surface area contributed by atoms with Gasteiger partial charge in [-0.25, -0.2) is 8.42 Å². The molecule has 2 amide bonds. The Morgan fingerprint density at radius 1 is 1.03 bits per heavy atom. The van der Waals surface area contributed by atoms with E-state index in [9.17, 15) is 18.0 Å². The number of nitrogens with zero attached hydrogens (tertiary/aromatic N) is 2. The number of amides is 2. The maximum Gasteiger partial charge on any atom is 0.244 e. The molecule has 0 unspecified atom stereocenters. The van der Waals surface area contributed by atoms with Crippen LogP contribution in [0.1, 0.15) is 19.4 Å². The summed E-state index contributed by atoms with van der Waals surface area (Å²) in [7, 11) is -3.88. The van der Waals surface area contributed by atoms with Gasteiger partial charge >= 0.3 is 0 Å². The summed E-state index contributed by atoms with van der Waals surface area (Å²) in [6, 6.07) is 10.3. The molecular formula is C21H24Cl3N3O4S. The van der Waals surface area contributed by atoms with Crippen molar-refractivity contribution in [3.8, 4) is 0 Å². The summed E-state index contributed by atoms with van der Waals surface area (Å²) in [5, 5.41) is 3.62. The van der Waals surface area contributed by atoms with Crippen molar-refractivity contribution in [1.82, 2.24) is 10.2 Å². The molecule has 0 fully saturated rings. The van der Waals surface area contributed by atoms with Crippen LogP contribution in [0.5, 0.6) is 0 Å². The number of benzene rings is 2. The minimum Gasteiger partial charge on any atom is -0.355 e. The van der Waals surface area contributed by atoms with E-state index in [0.29, 0.717) is 16.6 Å². The van der Waals surface area contributed by atoms with Crippen LogP contribution in [0.15, 0.2) is 42.5 Å². The highest BCUT2D eigenvalue weighted by Crippen LogP contribution is 2.30. The summed E-state index contributed by atoms with van der Waals surface area (Å²) in [5.74, 6) is -0.930. The first kappa shape index (κ1) is 26.3. The zero-order valence-electron chi connectivity index (χ0n) is 17.8. The average molecular weight is 521 g/mol. The van der Waals surface area contributed by atoms with Crippen molar-refractivity contribution in [2.75, 3.05) is 23.7 Å². The fraction of sp³-hybridized carbons (Fsp3) is 0.333. The van der Waals surface area contributed by atoms with Crippen LogP contribution in [-0.2, 0) is 26.2 Å². The first-order valence-electron chi connectivity index (χ1n) is 9.68. The van der Waals surface area contributed by atoms with Crippen LogP contribution in [0, 0.1) is 0 Å². The Labute approximate surface area is 203 Å². The second kappa shape index (κ2) is 11.2. The van der Waals surface area contributed by atoms with E-state index >= 15 is 0 Å². The molecule has 11 heteroatoms. The van der Waals surface area contributed by atoms with E-state index in [1.54, 1.807) is 38.1 Å². The van der Waals surface area contributed by atoms with Gasteiger partial charge < -0.3 is 10.2 Å². The number of hydrogen-bond donors (Lipinski definition) is 1. The van der Waals surface area contributed by atoms with Gasteiger partial charge in [0.2, 0.25) is 21.8 Å². The first-order chi connectivity index (χ1) is 14.9. The highest BCUT2D eigenvalue weighted by molar-refractivity contribution is 7.92. The quantitative estimate of drug-likeness (QED) is 0.542. The molecular weight excluding hydrogens is 497 g/mol. The van der Waals surface area contributed by atoms with Crippen molar-refractivity contribution in [1.29, 1.82) is 0 Å². The SMILES string of the molecule is CCNC(=O)[C@H](C)N(Cc1ccc(Cl)cc1)C(=O)CN(c1ccc(Cl)cc1Cl)S(C)(=O)=O. The Morgan fingerprint density at radius 3 is 2.16 bits per heavy atom. The van der Waals surface area contributed by atoms with E-state index in [0.717, 1.165) is 16.1 Å². The maximum absolute atomic E-state index is 13.3. The number of hydrogen-bond acceptors (Lipinski definition) is 4. The summed E-state index contributed by atoms with van der Waals surface area (Å²) >= 11 is 18.1. The Morgan fingerprint density at radius 2 is 1.62 bits per heavy atom. The molecule has 32 heavy (non-hydrogen) atoms. The fourth-order valence-corrected chi connectivity index (χ4v) is 4.52. The second-order valence-corrected chi connectivity index (χ2v) is 10.3. The maximum atomic E-state index is 13.3. The molecule has 174 valence electrons. The third-order valence-corrected chi connectivity index (χ3v) is 6.56. The molecule has 1 atom stereocenters. The lowest BCUT2D eigenvalue weighted by molar-refractivity contribution is -0.139. The van der Waals surface area contributed by atoms with Crippen LogP contribution in [0.3, 0.4) is 0 Å². The van der Waals surface area contributed by atoms with Crippen LogP contribution in [0.2, 0.25) is 15.1 Å². The van der Waals surface area contributed by atoms with Gasteiger partial charge in [0.15, 0.2) is 0 Å². The molecule has 0 spiro atoms. The van der Waals surface area contributed by atoms with Crippen LogP contribution >= 0.6 is 34.8 Å². The highest BCUT2D eigenvalue weighted by atomic mass is 35.5. The van der Waals surface area contributed by atoms with Gasteiger partial charge in [-0.1, -0.05) is 46.9 Å². The molecule has 0 saturated heterocycles. The lowest BCUT2D eigenvalue weighted by atomic mass is 10.1. The molecule has 0 heterocycles. The van der Waals surface area contributed by atoms with Crippen molar-refractivity contribution in [3.63, 3.8) is 0 Å². The highest BCUT2D eigenvalue weighted by Gasteiger charge is 2.30. The number of likely N-dealkylation sites (N-methyl/N-ethyl adjacent to an activating group) is 1. The lowest BCUT2D eigenvalue weighted by Crippen LogP contribution is -2.51. The number of anilines is 1. The number of carbonyl (C=O) groups excluding carboxylic acids is 2. The molecule has 2 aromatic rings. The zero-order chi connectivity index (χ0) is 24.1. The molecule has 0 aliphatic carbocycles.